The summed E-state index contributed by atoms with van der Waals surface area (Å²) < 4.78 is 0. The molecule has 14 heavy (non-hydrogen) atoms. The third-order valence-corrected chi connectivity index (χ3v) is 2.20. The molecule has 0 saturated carbocycles. The highest BCUT2D eigenvalue weighted by atomic mass is 14.6. The smallest absolute Gasteiger partial charge is 0.0995 e. The van der Waals surface area contributed by atoms with Gasteiger partial charge in [0.1, 0.15) is 0 Å². The van der Waals surface area contributed by atoms with Crippen molar-refractivity contribution in [1.82, 2.24) is 0 Å². The van der Waals surface area contributed by atoms with Gasteiger partial charge in [0.05, 0.1) is 11.6 Å². The summed E-state index contributed by atoms with van der Waals surface area (Å²) in [6.07, 6.45) is 1.90. The average Bonchev–Trinajstić information content (AvgIpc) is 2.17. The standard InChI is InChI=1S/C11H15N3/c1-2-3-11(14)10-5-4-9(13)6-8(10)7-12/h4-6,11H,2-3,13-14H2,1H3/t11-/m0/s1. The van der Waals surface area contributed by atoms with Crippen LogP contribution >= 0.6 is 0 Å². The first-order valence-electron chi connectivity index (χ1n) is 4.74. The van der Waals surface area contributed by atoms with Gasteiger partial charge in [0.2, 0.25) is 0 Å². The Morgan fingerprint density at radius 2 is 2.21 bits per heavy atom. The molecule has 0 radical (unpaired) electrons. The van der Waals surface area contributed by atoms with Crippen LogP contribution < -0.4 is 11.5 Å². The van der Waals surface area contributed by atoms with E-state index in [-0.39, 0.29) is 6.04 Å². The fourth-order valence-electron chi connectivity index (χ4n) is 1.46. The lowest BCUT2D eigenvalue weighted by Gasteiger charge is -2.12. The summed E-state index contributed by atoms with van der Waals surface area (Å²) in [5.74, 6) is 0. The first-order chi connectivity index (χ1) is 6.69. The maximum Gasteiger partial charge on any atom is 0.0995 e. The highest BCUT2D eigenvalue weighted by Crippen LogP contribution is 2.21. The van der Waals surface area contributed by atoms with Gasteiger partial charge >= 0.3 is 0 Å². The predicted molar refractivity (Wildman–Crippen MR) is 57.4 cm³/mol. The van der Waals surface area contributed by atoms with E-state index in [1.807, 2.05) is 6.07 Å². The van der Waals surface area contributed by atoms with Crippen LogP contribution in [-0.2, 0) is 0 Å². The molecule has 4 N–H and O–H groups in total. The maximum absolute atomic E-state index is 8.90. The molecule has 0 aliphatic rings. The van der Waals surface area contributed by atoms with Crippen molar-refractivity contribution < 1.29 is 0 Å². The molecule has 1 atom stereocenters. The molecule has 0 fully saturated rings. The number of nitrogens with zero attached hydrogens (tertiary/aromatic N) is 1. The summed E-state index contributed by atoms with van der Waals surface area (Å²) in [7, 11) is 0. The van der Waals surface area contributed by atoms with Gasteiger partial charge in [-0.3, -0.25) is 0 Å². The van der Waals surface area contributed by atoms with Gasteiger partial charge < -0.3 is 11.5 Å². The topological polar surface area (TPSA) is 75.8 Å². The largest absolute Gasteiger partial charge is 0.399 e. The molecule has 0 amide bonds. The monoisotopic (exact) mass is 189 g/mol. The summed E-state index contributed by atoms with van der Waals surface area (Å²) in [5.41, 5.74) is 13.6. The Balaban J connectivity index is 3.03. The van der Waals surface area contributed by atoms with E-state index in [0.717, 1.165) is 18.4 Å². The van der Waals surface area contributed by atoms with Crippen molar-refractivity contribution in [2.24, 2.45) is 5.73 Å². The normalized spacial score (nSPS) is 12.1. The van der Waals surface area contributed by atoms with Crippen molar-refractivity contribution in [1.29, 1.82) is 5.26 Å². The number of benzene rings is 1. The van der Waals surface area contributed by atoms with E-state index in [2.05, 4.69) is 13.0 Å². The molecule has 0 aromatic heterocycles. The van der Waals surface area contributed by atoms with E-state index in [0.29, 0.717) is 11.3 Å². The zero-order valence-corrected chi connectivity index (χ0v) is 8.33. The molecule has 74 valence electrons. The van der Waals surface area contributed by atoms with Gasteiger partial charge in [0.15, 0.2) is 0 Å². The van der Waals surface area contributed by atoms with E-state index in [4.69, 9.17) is 16.7 Å². The Morgan fingerprint density at radius 1 is 1.50 bits per heavy atom. The van der Waals surface area contributed by atoms with Crippen LogP contribution in [0.2, 0.25) is 0 Å². The number of nitrogen functional groups attached to an aromatic ring is 1. The van der Waals surface area contributed by atoms with Gasteiger partial charge in [-0.2, -0.15) is 5.26 Å². The number of hydrogen-bond donors (Lipinski definition) is 2. The lowest BCUT2D eigenvalue weighted by atomic mass is 9.98. The highest BCUT2D eigenvalue weighted by Gasteiger charge is 2.09. The summed E-state index contributed by atoms with van der Waals surface area (Å²) in [6, 6.07) is 7.35. The molecule has 0 heterocycles. The van der Waals surface area contributed by atoms with Crippen molar-refractivity contribution in [3.05, 3.63) is 29.3 Å². The van der Waals surface area contributed by atoms with Crippen LogP contribution in [-0.4, -0.2) is 0 Å². The van der Waals surface area contributed by atoms with Crippen molar-refractivity contribution in [3.8, 4) is 6.07 Å². The van der Waals surface area contributed by atoms with Crippen LogP contribution in [0, 0.1) is 11.3 Å². The van der Waals surface area contributed by atoms with Crippen molar-refractivity contribution >= 4 is 5.69 Å². The summed E-state index contributed by atoms with van der Waals surface area (Å²) in [4.78, 5) is 0. The van der Waals surface area contributed by atoms with Crippen LogP contribution in [0.3, 0.4) is 0 Å². The second-order valence-electron chi connectivity index (χ2n) is 3.35. The number of hydrogen-bond acceptors (Lipinski definition) is 3. The zero-order valence-electron chi connectivity index (χ0n) is 8.33. The van der Waals surface area contributed by atoms with Gasteiger partial charge in [-0.05, 0) is 24.1 Å². The van der Waals surface area contributed by atoms with E-state index >= 15 is 0 Å². The van der Waals surface area contributed by atoms with Gasteiger partial charge in [-0.1, -0.05) is 19.4 Å². The van der Waals surface area contributed by atoms with Crippen LogP contribution in [0.25, 0.3) is 0 Å². The molecule has 0 spiro atoms. The van der Waals surface area contributed by atoms with Crippen molar-refractivity contribution in [2.75, 3.05) is 5.73 Å². The molecule has 3 nitrogen and oxygen atoms in total. The quantitative estimate of drug-likeness (QED) is 0.713. The van der Waals surface area contributed by atoms with E-state index < -0.39 is 0 Å². The van der Waals surface area contributed by atoms with Gasteiger partial charge in [0.25, 0.3) is 0 Å². The Labute approximate surface area is 84.3 Å². The van der Waals surface area contributed by atoms with Gasteiger partial charge in [-0.15, -0.1) is 0 Å². The molecular formula is C11H15N3. The SMILES string of the molecule is CCC[C@H](N)c1ccc(N)cc1C#N. The maximum atomic E-state index is 8.90. The molecule has 0 bridgehead atoms. The van der Waals surface area contributed by atoms with Crippen LogP contribution in [0.1, 0.15) is 36.9 Å². The molecule has 0 aliphatic carbocycles. The van der Waals surface area contributed by atoms with Crippen molar-refractivity contribution in [2.45, 2.75) is 25.8 Å². The molecule has 0 saturated heterocycles. The van der Waals surface area contributed by atoms with Gasteiger partial charge in [0, 0.05) is 11.7 Å². The average molecular weight is 189 g/mol. The third kappa shape index (κ3) is 2.24. The lowest BCUT2D eigenvalue weighted by Crippen LogP contribution is -2.11. The van der Waals surface area contributed by atoms with Crippen molar-refractivity contribution in [3.63, 3.8) is 0 Å². The molecule has 0 unspecified atom stereocenters. The number of rotatable bonds is 3. The number of anilines is 1. The third-order valence-electron chi connectivity index (χ3n) is 2.20. The molecule has 1 rings (SSSR count). The first-order valence-corrected chi connectivity index (χ1v) is 4.74. The Morgan fingerprint density at radius 3 is 2.79 bits per heavy atom. The molecule has 1 aromatic rings. The second-order valence-corrected chi connectivity index (χ2v) is 3.35. The predicted octanol–water partition coefficient (Wildman–Crippen LogP) is 1.94. The van der Waals surface area contributed by atoms with Crippen LogP contribution in [0.5, 0.6) is 0 Å². The minimum absolute atomic E-state index is 0.0600. The second kappa shape index (κ2) is 4.64. The Kier molecular flexibility index (Phi) is 3.49. The Hall–Kier alpha value is -1.53. The minimum atomic E-state index is -0.0600. The van der Waals surface area contributed by atoms with Gasteiger partial charge in [-0.25, -0.2) is 0 Å². The molecule has 0 aliphatic heterocycles. The zero-order chi connectivity index (χ0) is 10.6. The number of nitriles is 1. The minimum Gasteiger partial charge on any atom is -0.399 e. The highest BCUT2D eigenvalue weighted by molar-refractivity contribution is 5.50. The van der Waals surface area contributed by atoms with Crippen LogP contribution in [0.4, 0.5) is 5.69 Å². The van der Waals surface area contributed by atoms with E-state index in [1.165, 1.54) is 0 Å². The summed E-state index contributed by atoms with van der Waals surface area (Å²) in [6.45, 7) is 2.07. The fourth-order valence-corrected chi connectivity index (χ4v) is 1.46. The van der Waals surface area contributed by atoms with Crippen LogP contribution in [0.15, 0.2) is 18.2 Å². The summed E-state index contributed by atoms with van der Waals surface area (Å²) in [5, 5.41) is 8.90. The Bertz CT molecular complexity index is 352. The fraction of sp³-hybridized carbons (Fsp3) is 0.364. The first kappa shape index (κ1) is 10.6. The van der Waals surface area contributed by atoms with E-state index in [1.54, 1.807) is 12.1 Å². The van der Waals surface area contributed by atoms with E-state index in [9.17, 15) is 0 Å². The molecule has 3 heteroatoms. The summed E-state index contributed by atoms with van der Waals surface area (Å²) >= 11 is 0. The number of nitrogens with two attached hydrogens (primary N) is 2. The molecular weight excluding hydrogens is 174 g/mol. The molecule has 1 aromatic carbocycles. The lowest BCUT2D eigenvalue weighted by molar-refractivity contribution is 0.637.